The van der Waals surface area contributed by atoms with Crippen LogP contribution in [0.1, 0.15) is 69.4 Å². The largest absolute Gasteiger partial charge is 0.461 e. The van der Waals surface area contributed by atoms with E-state index in [0.29, 0.717) is 0 Å². The lowest BCUT2D eigenvalue weighted by molar-refractivity contribution is 0.0471. The lowest BCUT2D eigenvalue weighted by Crippen LogP contribution is -2.16. The number of rotatable bonds is 5. The number of ether oxygens (including phenoxy) is 2. The van der Waals surface area contributed by atoms with Crippen molar-refractivity contribution in [3.8, 4) is 0 Å². The minimum atomic E-state index is -1.37. The zero-order valence-electron chi connectivity index (χ0n) is 15.9. The van der Waals surface area contributed by atoms with Crippen LogP contribution in [0.4, 0.5) is 0 Å². The van der Waals surface area contributed by atoms with Gasteiger partial charge in [-0.3, -0.25) is 0 Å². The van der Waals surface area contributed by atoms with Crippen LogP contribution in [-0.4, -0.2) is 34.6 Å². The number of carbonyl (C=O) groups excluding carboxylic acids is 2. The molecular formula is C18H25N2O4P. The van der Waals surface area contributed by atoms with Gasteiger partial charge < -0.3 is 9.47 Å². The minimum Gasteiger partial charge on any atom is -0.461 e. The standard InChI is InChI=1S/C18H25N2O4P/c1-8-23-16(21)14-15(17(22)24-9-2)20-25(19-14)18(7)12(5)10(3)11(4)13(18)6/h8-9H2,1-7H3. The normalized spacial score (nSPS) is 16.4. The number of allylic oxidation sites excluding steroid dienone is 4. The molecule has 0 saturated carbocycles. The average Bonchev–Trinajstić information content (AvgIpc) is 3.09. The topological polar surface area (TPSA) is 78.4 Å². The Balaban J connectivity index is 2.63. The smallest absolute Gasteiger partial charge is 0.359 e. The molecule has 0 atom stereocenters. The molecule has 1 heterocycles. The summed E-state index contributed by atoms with van der Waals surface area (Å²) >= 11 is 0. The van der Waals surface area contributed by atoms with Crippen molar-refractivity contribution in [3.63, 3.8) is 0 Å². The zero-order chi connectivity index (χ0) is 18.9. The molecule has 0 aromatic carbocycles. The fourth-order valence-electron chi connectivity index (χ4n) is 3.05. The molecule has 0 amide bonds. The van der Waals surface area contributed by atoms with Crippen molar-refractivity contribution in [1.82, 2.24) is 9.49 Å². The van der Waals surface area contributed by atoms with Crippen molar-refractivity contribution in [3.05, 3.63) is 33.7 Å². The Morgan fingerprint density at radius 1 is 0.880 bits per heavy atom. The molecule has 0 aliphatic heterocycles. The van der Waals surface area contributed by atoms with Gasteiger partial charge in [0.2, 0.25) is 0 Å². The lowest BCUT2D eigenvalue weighted by Gasteiger charge is -2.26. The number of aromatic nitrogens is 2. The highest BCUT2D eigenvalue weighted by Gasteiger charge is 2.42. The molecule has 1 aliphatic rings. The Hall–Kier alpha value is -1.94. The number of nitrogens with zero attached hydrogens (tertiary/aromatic N) is 2. The second kappa shape index (κ2) is 7.12. The summed E-state index contributed by atoms with van der Waals surface area (Å²) in [5.74, 6) is -1.25. The summed E-state index contributed by atoms with van der Waals surface area (Å²) in [6.07, 6.45) is 0. The van der Waals surface area contributed by atoms with E-state index in [1.807, 2.05) is 0 Å². The van der Waals surface area contributed by atoms with Crippen LogP contribution in [0.25, 0.3) is 0 Å². The van der Waals surface area contributed by atoms with E-state index in [9.17, 15) is 9.59 Å². The molecule has 7 heteroatoms. The Bertz CT molecular complexity index is 729. The molecule has 2 rings (SSSR count). The highest BCUT2D eigenvalue weighted by molar-refractivity contribution is 7.43. The molecule has 1 aromatic rings. The second-order valence-corrected chi connectivity index (χ2v) is 8.07. The van der Waals surface area contributed by atoms with Gasteiger partial charge in [0.1, 0.15) is 0 Å². The second-order valence-electron chi connectivity index (χ2n) is 6.20. The fraction of sp³-hybridized carbons (Fsp3) is 0.556. The summed E-state index contributed by atoms with van der Waals surface area (Å²) in [6, 6.07) is 0. The zero-order valence-corrected chi connectivity index (χ0v) is 16.8. The molecule has 1 aromatic heterocycles. The van der Waals surface area contributed by atoms with Crippen LogP contribution in [0.15, 0.2) is 22.3 Å². The van der Waals surface area contributed by atoms with Crippen LogP contribution in [-0.2, 0) is 14.6 Å². The van der Waals surface area contributed by atoms with Crippen LogP contribution < -0.4 is 0 Å². The first kappa shape index (κ1) is 19.4. The molecule has 0 bridgehead atoms. The molecule has 25 heavy (non-hydrogen) atoms. The molecule has 0 saturated heterocycles. The van der Waals surface area contributed by atoms with Gasteiger partial charge in [-0.25, -0.2) is 19.1 Å². The molecule has 0 radical (unpaired) electrons. The quantitative estimate of drug-likeness (QED) is 0.728. The molecule has 0 fully saturated rings. The molecular weight excluding hydrogens is 339 g/mol. The van der Waals surface area contributed by atoms with Gasteiger partial charge in [-0.1, -0.05) is 0 Å². The first-order chi connectivity index (χ1) is 11.7. The van der Waals surface area contributed by atoms with Crippen LogP contribution in [0, 0.1) is 0 Å². The van der Waals surface area contributed by atoms with Gasteiger partial charge in [-0.05, 0) is 70.8 Å². The Kier molecular flexibility index (Phi) is 5.52. The number of hydrogen-bond donors (Lipinski definition) is 0. The highest BCUT2D eigenvalue weighted by atomic mass is 31.1. The fourth-order valence-corrected chi connectivity index (χ4v) is 5.17. The third-order valence-corrected chi connectivity index (χ3v) is 7.35. The van der Waals surface area contributed by atoms with E-state index in [2.05, 4.69) is 44.1 Å². The van der Waals surface area contributed by atoms with Crippen LogP contribution >= 0.6 is 7.85 Å². The van der Waals surface area contributed by atoms with Crippen LogP contribution in [0.5, 0.6) is 0 Å². The monoisotopic (exact) mass is 364 g/mol. The van der Waals surface area contributed by atoms with Gasteiger partial charge in [-0.2, -0.15) is 0 Å². The summed E-state index contributed by atoms with van der Waals surface area (Å²) in [5.41, 5.74) is 4.75. The van der Waals surface area contributed by atoms with E-state index in [4.69, 9.17) is 9.47 Å². The SMILES string of the molecule is CCOC(=O)c1np(C2(C)C(C)=C(C)C(C)=C2C)nc1C(=O)OCC. The summed E-state index contributed by atoms with van der Waals surface area (Å²) in [7, 11) is -1.37. The van der Waals surface area contributed by atoms with E-state index in [1.165, 1.54) is 22.3 Å². The lowest BCUT2D eigenvalue weighted by atomic mass is 9.98. The maximum Gasteiger partial charge on any atom is 0.359 e. The summed E-state index contributed by atoms with van der Waals surface area (Å²) in [5, 5.41) is -0.407. The predicted molar refractivity (Wildman–Crippen MR) is 97.0 cm³/mol. The van der Waals surface area contributed by atoms with Gasteiger partial charge in [0, 0.05) is 0 Å². The highest BCUT2D eigenvalue weighted by Crippen LogP contribution is 2.57. The number of hydrogen-bond acceptors (Lipinski definition) is 6. The first-order valence-corrected chi connectivity index (χ1v) is 9.63. The predicted octanol–water partition coefficient (Wildman–Crippen LogP) is 4.22. The van der Waals surface area contributed by atoms with Gasteiger partial charge in [0.05, 0.1) is 26.2 Å². The maximum absolute atomic E-state index is 12.3. The van der Waals surface area contributed by atoms with E-state index < -0.39 is 24.9 Å². The number of esters is 2. The minimum absolute atomic E-state index is 0.0181. The van der Waals surface area contributed by atoms with Crippen molar-refractivity contribution in [1.29, 1.82) is 0 Å². The third-order valence-electron chi connectivity index (χ3n) is 5.10. The summed E-state index contributed by atoms with van der Waals surface area (Å²) < 4.78 is 19.2. The average molecular weight is 364 g/mol. The van der Waals surface area contributed by atoms with Crippen molar-refractivity contribution >= 4 is 19.8 Å². The molecule has 6 nitrogen and oxygen atoms in total. The Labute approximate surface area is 149 Å². The molecule has 136 valence electrons. The third kappa shape index (κ3) is 3.04. The van der Waals surface area contributed by atoms with Crippen molar-refractivity contribution in [2.45, 2.75) is 53.6 Å². The molecule has 0 unspecified atom stereocenters. The van der Waals surface area contributed by atoms with Crippen LogP contribution in [0.2, 0.25) is 0 Å². The van der Waals surface area contributed by atoms with Crippen molar-refractivity contribution < 1.29 is 19.1 Å². The molecule has 0 N–H and O–H groups in total. The van der Waals surface area contributed by atoms with Gasteiger partial charge in [-0.15, -0.1) is 0 Å². The van der Waals surface area contributed by atoms with Gasteiger partial charge >= 0.3 is 11.9 Å². The van der Waals surface area contributed by atoms with Crippen molar-refractivity contribution in [2.75, 3.05) is 13.2 Å². The number of carbonyl (C=O) groups is 2. The van der Waals surface area contributed by atoms with Crippen molar-refractivity contribution in [2.24, 2.45) is 0 Å². The van der Waals surface area contributed by atoms with Crippen LogP contribution in [0.3, 0.4) is 0 Å². The molecule has 0 spiro atoms. The maximum atomic E-state index is 12.3. The van der Waals surface area contributed by atoms with E-state index >= 15 is 0 Å². The Morgan fingerprint density at radius 3 is 1.56 bits per heavy atom. The van der Waals surface area contributed by atoms with Gasteiger partial charge in [0.25, 0.3) is 0 Å². The van der Waals surface area contributed by atoms with E-state index in [0.717, 1.165) is 0 Å². The summed E-state index contributed by atoms with van der Waals surface area (Å²) in [4.78, 5) is 24.5. The van der Waals surface area contributed by atoms with E-state index in [-0.39, 0.29) is 24.6 Å². The van der Waals surface area contributed by atoms with E-state index in [1.54, 1.807) is 13.8 Å². The Morgan fingerprint density at radius 2 is 1.24 bits per heavy atom. The summed E-state index contributed by atoms with van der Waals surface area (Å²) in [6.45, 7) is 14.2. The van der Waals surface area contributed by atoms with Gasteiger partial charge in [0.15, 0.2) is 11.4 Å². The first-order valence-electron chi connectivity index (χ1n) is 8.38. The molecule has 1 aliphatic carbocycles.